The number of anilines is 1. The van der Waals surface area contributed by atoms with Crippen molar-refractivity contribution in [3.8, 4) is 17.0 Å². The number of benzene rings is 1. The fourth-order valence-corrected chi connectivity index (χ4v) is 4.25. The third-order valence-electron chi connectivity index (χ3n) is 5.08. The quantitative estimate of drug-likeness (QED) is 0.800. The molecular weight excluding hydrogens is 346 g/mol. The lowest BCUT2D eigenvalue weighted by Crippen LogP contribution is -2.32. The Bertz CT molecular complexity index is 753. The Morgan fingerprint density at radius 2 is 2.19 bits per heavy atom. The summed E-state index contributed by atoms with van der Waals surface area (Å²) in [5.41, 5.74) is 2.93. The van der Waals surface area contributed by atoms with Crippen LogP contribution in [0.2, 0.25) is 0 Å². The molecule has 1 aliphatic rings. The molecule has 3 rings (SSSR count). The van der Waals surface area contributed by atoms with Crippen molar-refractivity contribution in [2.75, 3.05) is 25.5 Å². The zero-order valence-electron chi connectivity index (χ0n) is 15.7. The second kappa shape index (κ2) is 8.64. The lowest BCUT2D eigenvalue weighted by molar-refractivity contribution is -0.117. The first kappa shape index (κ1) is 18.9. The van der Waals surface area contributed by atoms with Crippen molar-refractivity contribution in [1.29, 1.82) is 0 Å². The fourth-order valence-electron chi connectivity index (χ4n) is 3.52. The van der Waals surface area contributed by atoms with Gasteiger partial charge >= 0.3 is 0 Å². The molecule has 0 bridgehead atoms. The molecule has 6 heteroatoms. The summed E-state index contributed by atoms with van der Waals surface area (Å²) in [4.78, 5) is 17.0. The molecule has 2 N–H and O–H groups in total. The minimum atomic E-state index is 0.0492. The van der Waals surface area contributed by atoms with Gasteiger partial charge in [-0.05, 0) is 56.8 Å². The maximum atomic E-state index is 12.4. The normalized spacial score (nSPS) is 16.3. The Morgan fingerprint density at radius 1 is 1.42 bits per heavy atom. The molecule has 5 nitrogen and oxygen atoms in total. The number of ether oxygens (including phenoxy) is 1. The molecule has 0 radical (unpaired) electrons. The van der Waals surface area contributed by atoms with E-state index < -0.39 is 0 Å². The summed E-state index contributed by atoms with van der Waals surface area (Å²) in [5.74, 6) is 1.87. The molecule has 26 heavy (non-hydrogen) atoms. The van der Waals surface area contributed by atoms with Gasteiger partial charge in [0.15, 0.2) is 5.13 Å². The van der Waals surface area contributed by atoms with Crippen LogP contribution in [0.25, 0.3) is 11.3 Å². The van der Waals surface area contributed by atoms with E-state index in [0.29, 0.717) is 23.4 Å². The van der Waals surface area contributed by atoms with Gasteiger partial charge in [0.1, 0.15) is 5.75 Å². The summed E-state index contributed by atoms with van der Waals surface area (Å²) >= 11 is 1.45. The number of methoxy groups -OCH3 is 1. The highest BCUT2D eigenvalue weighted by Crippen LogP contribution is 2.33. The van der Waals surface area contributed by atoms with Crippen molar-refractivity contribution < 1.29 is 9.53 Å². The van der Waals surface area contributed by atoms with E-state index in [4.69, 9.17) is 4.74 Å². The molecule has 1 aliphatic heterocycles. The highest BCUT2D eigenvalue weighted by molar-refractivity contribution is 7.14. The van der Waals surface area contributed by atoms with Crippen molar-refractivity contribution in [3.63, 3.8) is 0 Å². The van der Waals surface area contributed by atoms with Crippen molar-refractivity contribution in [2.45, 2.75) is 33.1 Å². The van der Waals surface area contributed by atoms with Crippen LogP contribution < -0.4 is 15.4 Å². The van der Waals surface area contributed by atoms with E-state index >= 15 is 0 Å². The molecule has 0 spiro atoms. The van der Waals surface area contributed by atoms with Crippen LogP contribution >= 0.6 is 11.3 Å². The van der Waals surface area contributed by atoms with E-state index in [1.54, 1.807) is 7.11 Å². The predicted octanol–water partition coefficient (Wildman–Crippen LogP) is 4.09. The van der Waals surface area contributed by atoms with Crippen molar-refractivity contribution in [3.05, 3.63) is 29.1 Å². The van der Waals surface area contributed by atoms with Gasteiger partial charge in [-0.25, -0.2) is 4.98 Å². The van der Waals surface area contributed by atoms with Crippen LogP contribution in [0.3, 0.4) is 0 Å². The number of aromatic nitrogens is 1. The maximum absolute atomic E-state index is 12.4. The van der Waals surface area contributed by atoms with Gasteiger partial charge < -0.3 is 15.4 Å². The first-order chi connectivity index (χ1) is 12.6. The number of rotatable bonds is 6. The monoisotopic (exact) mass is 373 g/mol. The topological polar surface area (TPSA) is 63.2 Å². The number of piperidine rings is 1. The minimum Gasteiger partial charge on any atom is -0.496 e. The highest BCUT2D eigenvalue weighted by atomic mass is 32.1. The van der Waals surface area contributed by atoms with Gasteiger partial charge in [-0.2, -0.15) is 0 Å². The number of thiazole rings is 1. The van der Waals surface area contributed by atoms with Crippen LogP contribution in [0, 0.1) is 18.8 Å². The summed E-state index contributed by atoms with van der Waals surface area (Å²) in [6, 6.07) is 6.02. The maximum Gasteiger partial charge on any atom is 0.226 e. The number of carbonyl (C=O) groups excluding carboxylic acids is 1. The molecule has 1 aromatic carbocycles. The molecule has 1 unspecified atom stereocenters. The second-order valence-electron chi connectivity index (χ2n) is 7.06. The van der Waals surface area contributed by atoms with E-state index in [1.165, 1.54) is 11.3 Å². The van der Waals surface area contributed by atoms with Gasteiger partial charge in [-0.15, -0.1) is 11.3 Å². The van der Waals surface area contributed by atoms with E-state index in [-0.39, 0.29) is 5.91 Å². The van der Waals surface area contributed by atoms with Crippen molar-refractivity contribution in [2.24, 2.45) is 11.8 Å². The summed E-state index contributed by atoms with van der Waals surface area (Å²) in [7, 11) is 1.66. The SMILES string of the molecule is COc1ccc(C)cc1-c1csc(NC(=O)CC(C)C2CCNCC2)n1. The first-order valence-corrected chi connectivity index (χ1v) is 10.1. The molecular formula is C20H27N3O2S. The first-order valence-electron chi connectivity index (χ1n) is 9.18. The zero-order chi connectivity index (χ0) is 18.5. The van der Waals surface area contributed by atoms with E-state index in [1.807, 2.05) is 24.4 Å². The molecule has 1 fully saturated rings. The number of aryl methyl sites for hydroxylation is 1. The number of hydrogen-bond donors (Lipinski definition) is 2. The van der Waals surface area contributed by atoms with Crippen LogP contribution in [0.15, 0.2) is 23.6 Å². The molecule has 2 aromatic rings. The molecule has 2 heterocycles. The molecule has 1 saturated heterocycles. The van der Waals surface area contributed by atoms with Crippen LogP contribution in [0.5, 0.6) is 5.75 Å². The summed E-state index contributed by atoms with van der Waals surface area (Å²) in [5, 5.41) is 8.95. The number of nitrogens with one attached hydrogen (secondary N) is 2. The Kier molecular flexibility index (Phi) is 6.27. The minimum absolute atomic E-state index is 0.0492. The molecule has 1 amide bonds. The molecule has 140 valence electrons. The number of carbonyl (C=O) groups is 1. The Labute approximate surface area is 159 Å². The molecule has 0 aliphatic carbocycles. The van der Waals surface area contributed by atoms with Crippen LogP contribution in [0.1, 0.15) is 31.7 Å². The lowest BCUT2D eigenvalue weighted by Gasteiger charge is -2.27. The van der Waals surface area contributed by atoms with Crippen molar-refractivity contribution >= 4 is 22.4 Å². The predicted molar refractivity (Wildman–Crippen MR) is 107 cm³/mol. The van der Waals surface area contributed by atoms with Gasteiger partial charge in [0.05, 0.1) is 12.8 Å². The Hall–Kier alpha value is -1.92. The van der Waals surface area contributed by atoms with Gasteiger partial charge in [0.2, 0.25) is 5.91 Å². The van der Waals surface area contributed by atoms with Crippen LogP contribution in [-0.4, -0.2) is 31.1 Å². The summed E-state index contributed by atoms with van der Waals surface area (Å²) in [6.07, 6.45) is 2.86. The van der Waals surface area contributed by atoms with Crippen LogP contribution in [-0.2, 0) is 4.79 Å². The molecule has 1 atom stereocenters. The zero-order valence-corrected chi connectivity index (χ0v) is 16.5. The summed E-state index contributed by atoms with van der Waals surface area (Å²) in [6.45, 7) is 6.34. The smallest absolute Gasteiger partial charge is 0.226 e. The fraction of sp³-hybridized carbons (Fsp3) is 0.500. The Morgan fingerprint density at radius 3 is 2.92 bits per heavy atom. The largest absolute Gasteiger partial charge is 0.496 e. The Balaban J connectivity index is 1.63. The standard InChI is InChI=1S/C20H27N3O2S/c1-13-4-5-18(25-3)16(10-13)17-12-26-20(22-17)23-19(24)11-14(2)15-6-8-21-9-7-15/h4-5,10,12,14-15,21H,6-9,11H2,1-3H3,(H,22,23,24). The molecule has 1 aromatic heterocycles. The third-order valence-corrected chi connectivity index (χ3v) is 5.84. The van der Waals surface area contributed by atoms with E-state index in [2.05, 4.69) is 28.6 Å². The lowest BCUT2D eigenvalue weighted by atomic mass is 9.84. The average molecular weight is 374 g/mol. The number of amides is 1. The van der Waals surface area contributed by atoms with Gasteiger partial charge in [0, 0.05) is 17.4 Å². The number of hydrogen-bond acceptors (Lipinski definition) is 5. The average Bonchev–Trinajstić information content (AvgIpc) is 3.10. The van der Waals surface area contributed by atoms with Crippen LogP contribution in [0.4, 0.5) is 5.13 Å². The molecule has 0 saturated carbocycles. The second-order valence-corrected chi connectivity index (χ2v) is 7.92. The van der Waals surface area contributed by atoms with E-state index in [0.717, 1.165) is 48.5 Å². The van der Waals surface area contributed by atoms with Gasteiger partial charge in [-0.1, -0.05) is 18.6 Å². The van der Waals surface area contributed by atoms with Gasteiger partial charge in [0.25, 0.3) is 0 Å². The summed E-state index contributed by atoms with van der Waals surface area (Å²) < 4.78 is 5.44. The van der Waals surface area contributed by atoms with Gasteiger partial charge in [-0.3, -0.25) is 4.79 Å². The highest BCUT2D eigenvalue weighted by Gasteiger charge is 2.22. The van der Waals surface area contributed by atoms with E-state index in [9.17, 15) is 4.79 Å². The third kappa shape index (κ3) is 4.62. The van der Waals surface area contributed by atoms with Crippen molar-refractivity contribution in [1.82, 2.24) is 10.3 Å². The number of nitrogens with zero attached hydrogens (tertiary/aromatic N) is 1.